The highest BCUT2D eigenvalue weighted by atomic mass is 32.2. The van der Waals surface area contributed by atoms with Crippen molar-refractivity contribution in [2.75, 3.05) is 12.8 Å². The average molecular weight is 287 g/mol. The van der Waals surface area contributed by atoms with E-state index in [9.17, 15) is 4.79 Å². The molecular formula is C16H17NO2S. The molecule has 0 fully saturated rings. The molecule has 0 atom stereocenters. The number of rotatable bonds is 4. The Morgan fingerprint density at radius 2 is 1.90 bits per heavy atom. The van der Waals surface area contributed by atoms with Gasteiger partial charge in [-0.1, -0.05) is 18.2 Å². The lowest BCUT2D eigenvalue weighted by molar-refractivity contribution is 0.0600. The van der Waals surface area contributed by atoms with E-state index < -0.39 is 0 Å². The van der Waals surface area contributed by atoms with Crippen LogP contribution in [0.2, 0.25) is 0 Å². The van der Waals surface area contributed by atoms with Gasteiger partial charge in [-0.2, -0.15) is 0 Å². The second kappa shape index (κ2) is 6.48. The van der Waals surface area contributed by atoms with Crippen molar-refractivity contribution in [3.05, 3.63) is 59.2 Å². The maximum Gasteiger partial charge on any atom is 0.337 e. The smallest absolute Gasteiger partial charge is 0.337 e. The monoisotopic (exact) mass is 287 g/mol. The molecule has 2 rings (SSSR count). The molecule has 20 heavy (non-hydrogen) atoms. The van der Waals surface area contributed by atoms with Gasteiger partial charge in [0.15, 0.2) is 0 Å². The third-order valence-corrected chi connectivity index (χ3v) is 4.21. The van der Waals surface area contributed by atoms with E-state index in [1.807, 2.05) is 30.3 Å². The summed E-state index contributed by atoms with van der Waals surface area (Å²) in [5.74, 6) is 0.530. The minimum Gasteiger partial charge on any atom is -0.465 e. The van der Waals surface area contributed by atoms with Gasteiger partial charge >= 0.3 is 5.97 Å². The molecule has 0 unspecified atom stereocenters. The number of carbonyl (C=O) groups is 1. The van der Waals surface area contributed by atoms with Gasteiger partial charge in [-0.05, 0) is 42.3 Å². The first-order valence-electron chi connectivity index (χ1n) is 6.26. The molecular weight excluding hydrogens is 270 g/mol. The van der Waals surface area contributed by atoms with Crippen molar-refractivity contribution in [2.45, 2.75) is 17.6 Å². The predicted octanol–water partition coefficient (Wildman–Crippen LogP) is 3.66. The van der Waals surface area contributed by atoms with Gasteiger partial charge < -0.3 is 10.5 Å². The van der Waals surface area contributed by atoms with Crippen LogP contribution >= 0.6 is 11.8 Å². The van der Waals surface area contributed by atoms with Crippen molar-refractivity contribution in [1.82, 2.24) is 0 Å². The lowest BCUT2D eigenvalue weighted by Gasteiger charge is -2.07. The van der Waals surface area contributed by atoms with Gasteiger partial charge in [-0.25, -0.2) is 4.79 Å². The van der Waals surface area contributed by atoms with Crippen LogP contribution in [0, 0.1) is 6.92 Å². The Morgan fingerprint density at radius 1 is 1.20 bits per heavy atom. The van der Waals surface area contributed by atoms with E-state index in [1.165, 1.54) is 17.6 Å². The van der Waals surface area contributed by atoms with Crippen LogP contribution in [0.1, 0.15) is 21.5 Å². The summed E-state index contributed by atoms with van der Waals surface area (Å²) in [6.45, 7) is 2.07. The van der Waals surface area contributed by atoms with Crippen molar-refractivity contribution in [3.63, 3.8) is 0 Å². The Hall–Kier alpha value is -1.94. The van der Waals surface area contributed by atoms with Crippen molar-refractivity contribution < 1.29 is 9.53 Å². The van der Waals surface area contributed by atoms with E-state index in [4.69, 9.17) is 5.73 Å². The van der Waals surface area contributed by atoms with Crippen molar-refractivity contribution in [3.8, 4) is 0 Å². The quantitative estimate of drug-likeness (QED) is 0.530. The topological polar surface area (TPSA) is 52.3 Å². The Morgan fingerprint density at radius 3 is 2.55 bits per heavy atom. The molecule has 0 aliphatic heterocycles. The Labute approximate surface area is 123 Å². The highest BCUT2D eigenvalue weighted by Gasteiger charge is 2.05. The molecule has 0 aliphatic rings. The van der Waals surface area contributed by atoms with E-state index in [-0.39, 0.29) is 5.97 Å². The lowest BCUT2D eigenvalue weighted by Crippen LogP contribution is -2.00. The SMILES string of the molecule is COC(=O)c1ccc(CSc2cc(N)ccc2C)cc1. The van der Waals surface area contributed by atoms with Gasteiger partial charge in [0.05, 0.1) is 12.7 Å². The molecule has 2 aromatic rings. The second-order valence-corrected chi connectivity index (χ2v) is 5.52. The van der Waals surface area contributed by atoms with E-state index >= 15 is 0 Å². The van der Waals surface area contributed by atoms with Crippen LogP contribution in [0.4, 0.5) is 5.69 Å². The molecule has 104 valence electrons. The summed E-state index contributed by atoms with van der Waals surface area (Å²) in [4.78, 5) is 12.5. The fourth-order valence-corrected chi connectivity index (χ4v) is 2.82. The number of hydrogen-bond acceptors (Lipinski definition) is 4. The Bertz CT molecular complexity index is 608. The lowest BCUT2D eigenvalue weighted by atomic mass is 10.1. The standard InChI is InChI=1S/C16H17NO2S/c1-11-3-8-14(17)9-15(11)20-10-12-4-6-13(7-5-12)16(18)19-2/h3-9H,10,17H2,1-2H3. The number of benzene rings is 2. The zero-order valence-electron chi connectivity index (χ0n) is 11.6. The molecule has 0 radical (unpaired) electrons. The largest absolute Gasteiger partial charge is 0.465 e. The molecule has 0 aliphatic carbocycles. The number of nitrogen functional groups attached to an aromatic ring is 1. The van der Waals surface area contributed by atoms with Gasteiger partial charge in [0.1, 0.15) is 0 Å². The molecule has 0 saturated heterocycles. The number of hydrogen-bond donors (Lipinski definition) is 1. The minimum absolute atomic E-state index is 0.309. The fourth-order valence-electron chi connectivity index (χ4n) is 1.79. The summed E-state index contributed by atoms with van der Waals surface area (Å²) in [7, 11) is 1.38. The Balaban J connectivity index is 2.04. The first-order valence-corrected chi connectivity index (χ1v) is 7.25. The number of carbonyl (C=O) groups excluding carboxylic acids is 1. The normalized spacial score (nSPS) is 10.3. The van der Waals surface area contributed by atoms with Gasteiger partial charge in [-0.3, -0.25) is 0 Å². The van der Waals surface area contributed by atoms with Crippen LogP contribution in [-0.4, -0.2) is 13.1 Å². The average Bonchev–Trinajstić information content (AvgIpc) is 2.48. The van der Waals surface area contributed by atoms with Gasteiger partial charge in [0.2, 0.25) is 0 Å². The zero-order valence-corrected chi connectivity index (χ0v) is 12.4. The van der Waals surface area contributed by atoms with Crippen LogP contribution in [0.15, 0.2) is 47.4 Å². The van der Waals surface area contributed by atoms with E-state index in [1.54, 1.807) is 23.9 Å². The fraction of sp³-hybridized carbons (Fsp3) is 0.188. The molecule has 2 N–H and O–H groups in total. The number of ether oxygens (including phenoxy) is 1. The molecule has 4 heteroatoms. The summed E-state index contributed by atoms with van der Waals surface area (Å²) in [5, 5.41) is 0. The third-order valence-electron chi connectivity index (χ3n) is 2.98. The number of esters is 1. The number of aryl methyl sites for hydroxylation is 1. The van der Waals surface area contributed by atoms with E-state index in [0.717, 1.165) is 17.0 Å². The third kappa shape index (κ3) is 3.54. The molecule has 2 aromatic carbocycles. The molecule has 3 nitrogen and oxygen atoms in total. The summed E-state index contributed by atoms with van der Waals surface area (Å²) in [6.07, 6.45) is 0. The molecule has 0 bridgehead atoms. The van der Waals surface area contributed by atoms with Gasteiger partial charge in [-0.15, -0.1) is 11.8 Å². The van der Waals surface area contributed by atoms with Crippen molar-refractivity contribution >= 4 is 23.4 Å². The maximum atomic E-state index is 11.3. The molecule has 0 saturated carbocycles. The highest BCUT2D eigenvalue weighted by Crippen LogP contribution is 2.27. The first-order chi connectivity index (χ1) is 9.60. The first kappa shape index (κ1) is 14.5. The maximum absolute atomic E-state index is 11.3. The van der Waals surface area contributed by atoms with Crippen LogP contribution in [0.5, 0.6) is 0 Å². The second-order valence-electron chi connectivity index (χ2n) is 4.50. The molecule has 0 aromatic heterocycles. The zero-order chi connectivity index (χ0) is 14.5. The van der Waals surface area contributed by atoms with Crippen molar-refractivity contribution in [2.24, 2.45) is 0 Å². The van der Waals surface area contributed by atoms with Crippen LogP contribution < -0.4 is 5.73 Å². The molecule has 0 spiro atoms. The number of nitrogens with two attached hydrogens (primary N) is 1. The van der Waals surface area contributed by atoms with Crippen LogP contribution in [0.25, 0.3) is 0 Å². The van der Waals surface area contributed by atoms with Crippen molar-refractivity contribution in [1.29, 1.82) is 0 Å². The van der Waals surface area contributed by atoms with E-state index in [2.05, 4.69) is 11.7 Å². The van der Waals surface area contributed by atoms with E-state index in [0.29, 0.717) is 5.56 Å². The minimum atomic E-state index is -0.309. The predicted molar refractivity (Wildman–Crippen MR) is 82.9 cm³/mol. The summed E-state index contributed by atoms with van der Waals surface area (Å²) >= 11 is 1.74. The number of thioether (sulfide) groups is 1. The van der Waals surface area contributed by atoms with Crippen LogP contribution in [0.3, 0.4) is 0 Å². The Kier molecular flexibility index (Phi) is 4.69. The summed E-state index contributed by atoms with van der Waals surface area (Å²) in [6, 6.07) is 13.4. The van der Waals surface area contributed by atoms with Gasteiger partial charge in [0.25, 0.3) is 0 Å². The van der Waals surface area contributed by atoms with Gasteiger partial charge in [0, 0.05) is 16.3 Å². The van der Waals surface area contributed by atoms with Crippen LogP contribution in [-0.2, 0) is 10.5 Å². The summed E-state index contributed by atoms with van der Waals surface area (Å²) in [5.41, 5.74) is 9.52. The number of methoxy groups -OCH3 is 1. The molecule has 0 amide bonds. The molecule has 0 heterocycles. The highest BCUT2D eigenvalue weighted by molar-refractivity contribution is 7.98. The summed E-state index contributed by atoms with van der Waals surface area (Å²) < 4.78 is 4.68. The number of anilines is 1.